The van der Waals surface area contributed by atoms with Crippen LogP contribution in [0.15, 0.2) is 49.0 Å². The zero-order valence-electron chi connectivity index (χ0n) is 12.4. The Labute approximate surface area is 131 Å². The van der Waals surface area contributed by atoms with Crippen molar-refractivity contribution in [3.05, 3.63) is 61.9 Å². The lowest BCUT2D eigenvalue weighted by Crippen LogP contribution is -2.15. The normalized spacial score (nSPS) is 11.8. The van der Waals surface area contributed by atoms with Gasteiger partial charge in [0.25, 0.3) is 11.1 Å². The molecule has 0 spiro atoms. The highest BCUT2D eigenvalue weighted by molar-refractivity contribution is 7.80. The van der Waals surface area contributed by atoms with E-state index in [1.54, 1.807) is 13.8 Å². The number of nitrogens with zero attached hydrogens (tertiary/aromatic N) is 4. The summed E-state index contributed by atoms with van der Waals surface area (Å²) in [5.74, 6) is 0. The highest BCUT2D eigenvalue weighted by atomic mass is 32.1. The van der Waals surface area contributed by atoms with Crippen LogP contribution in [0.3, 0.4) is 0 Å². The predicted molar refractivity (Wildman–Crippen MR) is 86.7 cm³/mol. The minimum Gasteiger partial charge on any atom is -0.266 e. The van der Waals surface area contributed by atoms with E-state index in [1.165, 1.54) is 9.03 Å². The molecule has 0 bridgehead atoms. The Hall–Kier alpha value is -2.41. The van der Waals surface area contributed by atoms with Gasteiger partial charge in [-0.15, -0.1) is 17.7 Å². The number of hydrogen-bond donors (Lipinski definition) is 1. The smallest absolute Gasteiger partial charge is 0.266 e. The number of aromatic nitrogens is 2. The molecular weight excluding hydrogens is 300 g/mol. The summed E-state index contributed by atoms with van der Waals surface area (Å²) in [7, 11) is 0. The van der Waals surface area contributed by atoms with E-state index in [-0.39, 0.29) is 21.7 Å². The number of hydrogen-bond acceptors (Lipinski definition) is 5. The summed E-state index contributed by atoms with van der Waals surface area (Å²) < 4.78 is 2.56. The van der Waals surface area contributed by atoms with Crippen LogP contribution in [0.25, 0.3) is 0 Å². The van der Waals surface area contributed by atoms with E-state index in [0.29, 0.717) is 17.1 Å². The molecule has 0 aliphatic rings. The molecule has 2 heterocycles. The molecule has 0 fully saturated rings. The van der Waals surface area contributed by atoms with Crippen molar-refractivity contribution in [2.24, 2.45) is 10.2 Å². The Balaban J connectivity index is 2.16. The molecule has 1 aromatic carbocycles. The van der Waals surface area contributed by atoms with Crippen LogP contribution in [0.5, 0.6) is 0 Å². The van der Waals surface area contributed by atoms with Crippen LogP contribution in [-0.2, 0) is 0 Å². The molecule has 0 aliphatic carbocycles. The molecule has 0 aliphatic heterocycles. The summed E-state index contributed by atoms with van der Waals surface area (Å²) in [4.78, 5) is 24.8. The molecule has 0 N–H and O–H groups in total. The summed E-state index contributed by atoms with van der Waals surface area (Å²) in [6.45, 7) is 5.32. The molecule has 112 valence electrons. The quantitative estimate of drug-likeness (QED) is 0.584. The number of benzene rings is 1. The van der Waals surface area contributed by atoms with Gasteiger partial charge in [0, 0.05) is 0 Å². The monoisotopic (exact) mass is 314 g/mol. The van der Waals surface area contributed by atoms with Crippen LogP contribution >= 0.6 is 12.6 Å². The molecule has 2 aromatic heterocycles. The molecule has 0 radical (unpaired) electrons. The van der Waals surface area contributed by atoms with Gasteiger partial charge in [0.2, 0.25) is 0 Å². The first-order chi connectivity index (χ1) is 10.4. The molecule has 7 heteroatoms. The van der Waals surface area contributed by atoms with Crippen molar-refractivity contribution in [3.63, 3.8) is 0 Å². The summed E-state index contributed by atoms with van der Waals surface area (Å²) in [5, 5.41) is 8.11. The molecule has 6 nitrogen and oxygen atoms in total. The van der Waals surface area contributed by atoms with Crippen LogP contribution < -0.4 is 11.1 Å². The molecule has 0 unspecified atom stereocenters. The molecule has 0 saturated carbocycles. The van der Waals surface area contributed by atoms with Gasteiger partial charge in [-0.2, -0.15) is 5.11 Å². The minimum atomic E-state index is -0.372. The van der Waals surface area contributed by atoms with Gasteiger partial charge in [0.05, 0.1) is 22.0 Å². The van der Waals surface area contributed by atoms with Crippen LogP contribution in [0.2, 0.25) is 0 Å². The zero-order chi connectivity index (χ0) is 16.0. The van der Waals surface area contributed by atoms with Crippen molar-refractivity contribution in [3.8, 4) is 0 Å². The third kappa shape index (κ3) is 2.05. The van der Waals surface area contributed by atoms with Crippen LogP contribution in [0.4, 0.5) is 11.4 Å². The first-order valence-electron chi connectivity index (χ1n) is 6.69. The van der Waals surface area contributed by atoms with Crippen molar-refractivity contribution in [1.82, 2.24) is 9.03 Å². The van der Waals surface area contributed by atoms with E-state index in [0.717, 1.165) is 5.56 Å². The summed E-state index contributed by atoms with van der Waals surface area (Å²) >= 11 is 4.14. The number of azo groups is 1. The fraction of sp³-hybridized carbons (Fsp3) is 0.200. The fourth-order valence-corrected chi connectivity index (χ4v) is 2.52. The van der Waals surface area contributed by atoms with Crippen LogP contribution in [-0.4, -0.2) is 9.03 Å². The molecule has 0 amide bonds. The van der Waals surface area contributed by atoms with Crippen molar-refractivity contribution in [1.29, 1.82) is 0 Å². The second-order valence-corrected chi connectivity index (χ2v) is 5.58. The van der Waals surface area contributed by atoms with E-state index in [4.69, 9.17) is 0 Å². The lowest BCUT2D eigenvalue weighted by molar-refractivity contribution is 0.768. The van der Waals surface area contributed by atoms with Crippen molar-refractivity contribution in [2.45, 2.75) is 25.7 Å². The molecular formula is C15H14N4O2S. The third-order valence-electron chi connectivity index (χ3n) is 3.61. The van der Waals surface area contributed by atoms with Crippen molar-refractivity contribution in [2.75, 3.05) is 0 Å². The Kier molecular flexibility index (Phi) is 3.37. The summed E-state index contributed by atoms with van der Waals surface area (Å²) in [5.41, 5.74) is 2.18. The average Bonchev–Trinajstić information content (AvgIpc) is 2.88. The summed E-state index contributed by atoms with van der Waals surface area (Å²) in [6, 6.07) is 7.46. The fourth-order valence-electron chi connectivity index (χ4n) is 2.33. The maximum atomic E-state index is 12.4. The second kappa shape index (κ2) is 5.10. The van der Waals surface area contributed by atoms with E-state index in [2.05, 4.69) is 22.9 Å². The maximum Gasteiger partial charge on any atom is 0.299 e. The lowest BCUT2D eigenvalue weighted by Gasteiger charge is -1.93. The third-order valence-corrected chi connectivity index (χ3v) is 4.13. The molecule has 0 saturated heterocycles. The first-order valence-corrected chi connectivity index (χ1v) is 7.14. The number of thiol groups is 1. The van der Waals surface area contributed by atoms with Gasteiger partial charge in [-0.05, 0) is 32.9 Å². The largest absolute Gasteiger partial charge is 0.299 e. The molecule has 3 aromatic rings. The maximum absolute atomic E-state index is 12.4. The standard InChI is InChI=1S/C15H14N4O2S/c1-8-4-6-11(7-5-8)16-17-12-9(2)18-15(21)13(22)10(3)19(18)14(12)20/h4-7,22H,1-3H3. The number of fused-ring (bicyclic) bond motifs is 1. The zero-order valence-corrected chi connectivity index (χ0v) is 13.3. The van der Waals surface area contributed by atoms with Gasteiger partial charge >= 0.3 is 0 Å². The topological polar surface area (TPSA) is 67.7 Å². The second-order valence-electron chi connectivity index (χ2n) is 5.14. The number of rotatable bonds is 2. The number of aryl methyl sites for hydroxylation is 3. The lowest BCUT2D eigenvalue weighted by atomic mass is 10.2. The van der Waals surface area contributed by atoms with Gasteiger partial charge in [-0.25, -0.2) is 9.03 Å². The Bertz CT molecular complexity index is 999. The van der Waals surface area contributed by atoms with Gasteiger partial charge in [0.1, 0.15) is 0 Å². The minimum absolute atomic E-state index is 0.161. The van der Waals surface area contributed by atoms with Crippen molar-refractivity contribution < 1.29 is 0 Å². The molecule has 3 rings (SSSR count). The SMILES string of the molecule is Cc1ccc(N=Nc2c(C)n3c(=O)c(S)c(C)n3c2=O)cc1. The van der Waals surface area contributed by atoms with Gasteiger partial charge in [0.15, 0.2) is 5.69 Å². The molecule has 22 heavy (non-hydrogen) atoms. The van der Waals surface area contributed by atoms with E-state index < -0.39 is 0 Å². The highest BCUT2D eigenvalue weighted by Crippen LogP contribution is 2.20. The van der Waals surface area contributed by atoms with E-state index in [9.17, 15) is 9.59 Å². The Morgan fingerprint density at radius 3 is 2.05 bits per heavy atom. The van der Waals surface area contributed by atoms with E-state index in [1.807, 2.05) is 31.2 Å². The van der Waals surface area contributed by atoms with Gasteiger partial charge < -0.3 is 0 Å². The predicted octanol–water partition coefficient (Wildman–Crippen LogP) is 2.83. The van der Waals surface area contributed by atoms with E-state index >= 15 is 0 Å². The van der Waals surface area contributed by atoms with Crippen LogP contribution in [0, 0.1) is 20.8 Å². The van der Waals surface area contributed by atoms with Gasteiger partial charge in [-0.3, -0.25) is 9.59 Å². The van der Waals surface area contributed by atoms with Crippen LogP contribution in [0.1, 0.15) is 17.0 Å². The molecule has 0 atom stereocenters. The first kappa shape index (κ1) is 14.5. The summed E-state index contributed by atoms with van der Waals surface area (Å²) in [6.07, 6.45) is 0. The Morgan fingerprint density at radius 1 is 0.864 bits per heavy atom. The highest BCUT2D eigenvalue weighted by Gasteiger charge is 2.20. The Morgan fingerprint density at radius 2 is 1.45 bits per heavy atom. The van der Waals surface area contributed by atoms with Crippen molar-refractivity contribution >= 4 is 24.0 Å². The average molecular weight is 314 g/mol. The van der Waals surface area contributed by atoms with Gasteiger partial charge in [-0.1, -0.05) is 17.7 Å².